The summed E-state index contributed by atoms with van der Waals surface area (Å²) in [5, 5.41) is 28.7. The fourth-order valence-corrected chi connectivity index (χ4v) is 2.72. The highest BCUT2D eigenvalue weighted by molar-refractivity contribution is 9.10. The van der Waals surface area contributed by atoms with Crippen LogP contribution in [0.25, 0.3) is 10.9 Å². The Morgan fingerprint density at radius 2 is 2.04 bits per heavy atom. The van der Waals surface area contributed by atoms with E-state index in [9.17, 15) is 20.0 Å². The summed E-state index contributed by atoms with van der Waals surface area (Å²) >= 11 is 3.34. The third-order valence-corrected chi connectivity index (χ3v) is 4.07. The van der Waals surface area contributed by atoms with E-state index in [0.717, 1.165) is 4.47 Å². The lowest BCUT2D eigenvalue weighted by atomic mass is 10.2. The van der Waals surface area contributed by atoms with Gasteiger partial charge < -0.3 is 14.8 Å². The van der Waals surface area contributed by atoms with Gasteiger partial charge in [0.15, 0.2) is 18.0 Å². The molecule has 3 aromatic rings. The molecule has 0 atom stereocenters. The number of carbonyl (C=O) groups excluding carboxylic acids is 1. The molecule has 132 valence electrons. The predicted molar refractivity (Wildman–Crippen MR) is 95.8 cm³/mol. The molecule has 9 nitrogen and oxygen atoms in total. The van der Waals surface area contributed by atoms with Crippen LogP contribution in [0.3, 0.4) is 0 Å². The Hall–Kier alpha value is -3.27. The van der Waals surface area contributed by atoms with Crippen LogP contribution in [0.2, 0.25) is 0 Å². The Balaban J connectivity index is 1.74. The lowest BCUT2D eigenvalue weighted by Gasteiger charge is -2.03. The van der Waals surface area contributed by atoms with Crippen LogP contribution in [0, 0.1) is 10.1 Å². The molecule has 0 aliphatic rings. The number of ether oxygens (including phenoxy) is 1. The maximum Gasteiger partial charge on any atom is 0.310 e. The number of carbonyl (C=O) groups is 1. The van der Waals surface area contributed by atoms with Crippen LogP contribution in [0.15, 0.2) is 57.2 Å². The Kier molecular flexibility index (Phi) is 4.94. The Bertz CT molecular complexity index is 1030. The van der Waals surface area contributed by atoms with Crippen molar-refractivity contribution in [2.45, 2.75) is 0 Å². The second-order valence-electron chi connectivity index (χ2n) is 5.09. The third-order valence-electron chi connectivity index (χ3n) is 3.41. The highest BCUT2D eigenvalue weighted by Gasteiger charge is 2.16. The standard InChI is InChI=1S/C16H11BrN4O5/c17-10-5-3-4-9-14(10)18-16(23)15(9)20-19-13(22)8-26-12-7-2-1-6-11(12)21(24)25/h1-7,18,23H,8H2. The van der Waals surface area contributed by atoms with Crippen molar-refractivity contribution in [1.29, 1.82) is 0 Å². The van der Waals surface area contributed by atoms with Gasteiger partial charge in [0.05, 0.1) is 10.4 Å². The smallest absolute Gasteiger partial charge is 0.310 e. The van der Waals surface area contributed by atoms with Crippen LogP contribution >= 0.6 is 15.9 Å². The van der Waals surface area contributed by atoms with E-state index >= 15 is 0 Å². The zero-order valence-electron chi connectivity index (χ0n) is 13.0. The minimum absolute atomic E-state index is 0.0417. The number of nitro groups is 1. The largest absolute Gasteiger partial charge is 0.493 e. The van der Waals surface area contributed by atoms with E-state index in [1.54, 1.807) is 24.3 Å². The summed E-state index contributed by atoms with van der Waals surface area (Å²) in [4.78, 5) is 24.9. The number of amides is 1. The second kappa shape index (κ2) is 7.31. The van der Waals surface area contributed by atoms with E-state index in [2.05, 4.69) is 31.1 Å². The molecular weight excluding hydrogens is 408 g/mol. The molecule has 0 aliphatic heterocycles. The number of H-pyrrole nitrogens is 1. The van der Waals surface area contributed by atoms with Crippen molar-refractivity contribution >= 4 is 44.1 Å². The van der Waals surface area contributed by atoms with Crippen LogP contribution in [-0.2, 0) is 4.79 Å². The van der Waals surface area contributed by atoms with Crippen molar-refractivity contribution in [3.63, 3.8) is 0 Å². The molecule has 2 N–H and O–H groups in total. The van der Waals surface area contributed by atoms with Gasteiger partial charge in [-0.25, -0.2) is 0 Å². The van der Waals surface area contributed by atoms with Crippen LogP contribution in [0.5, 0.6) is 11.6 Å². The number of azo groups is 1. The van der Waals surface area contributed by atoms with Crippen molar-refractivity contribution in [3.05, 3.63) is 57.1 Å². The number of aromatic hydroxyl groups is 1. The van der Waals surface area contributed by atoms with Crippen LogP contribution < -0.4 is 4.74 Å². The van der Waals surface area contributed by atoms with Crippen molar-refractivity contribution in [1.82, 2.24) is 4.98 Å². The average Bonchev–Trinajstić information content (AvgIpc) is 2.95. The van der Waals surface area contributed by atoms with Gasteiger partial charge in [-0.3, -0.25) is 14.9 Å². The molecule has 1 heterocycles. The molecule has 0 radical (unpaired) electrons. The summed E-state index contributed by atoms with van der Waals surface area (Å²) in [6, 6.07) is 10.9. The lowest BCUT2D eigenvalue weighted by Crippen LogP contribution is -2.09. The molecule has 0 unspecified atom stereocenters. The first kappa shape index (κ1) is 17.5. The fraction of sp³-hybridized carbons (Fsp3) is 0.0625. The monoisotopic (exact) mass is 418 g/mol. The van der Waals surface area contributed by atoms with E-state index in [-0.39, 0.29) is 23.0 Å². The second-order valence-corrected chi connectivity index (χ2v) is 5.95. The number of rotatable bonds is 5. The van der Waals surface area contributed by atoms with Gasteiger partial charge in [0.1, 0.15) is 0 Å². The number of aromatic nitrogens is 1. The number of hydrogen-bond donors (Lipinski definition) is 2. The van der Waals surface area contributed by atoms with Crippen molar-refractivity contribution in [2.75, 3.05) is 6.61 Å². The molecule has 0 saturated carbocycles. The summed E-state index contributed by atoms with van der Waals surface area (Å²) in [6.07, 6.45) is 0. The highest BCUT2D eigenvalue weighted by atomic mass is 79.9. The van der Waals surface area contributed by atoms with Crippen LogP contribution in [-0.4, -0.2) is 27.5 Å². The number of nitro benzene ring substituents is 1. The van der Waals surface area contributed by atoms with Gasteiger partial charge in [-0.05, 0) is 28.1 Å². The normalized spacial score (nSPS) is 11.1. The summed E-state index contributed by atoms with van der Waals surface area (Å²) < 4.78 is 5.86. The molecular formula is C16H11BrN4O5. The predicted octanol–water partition coefficient (Wildman–Crippen LogP) is 4.23. The third kappa shape index (κ3) is 3.54. The van der Waals surface area contributed by atoms with Gasteiger partial charge in [-0.2, -0.15) is 0 Å². The number of halogens is 1. The fourth-order valence-electron chi connectivity index (χ4n) is 2.26. The van der Waals surface area contributed by atoms with E-state index in [1.165, 1.54) is 18.2 Å². The molecule has 0 spiro atoms. The zero-order valence-corrected chi connectivity index (χ0v) is 14.6. The maximum absolute atomic E-state index is 11.9. The quantitative estimate of drug-likeness (QED) is 0.363. The molecule has 0 aliphatic carbocycles. The van der Waals surface area contributed by atoms with Crippen molar-refractivity contribution in [2.24, 2.45) is 10.2 Å². The minimum atomic E-state index is -0.758. The molecule has 0 saturated heterocycles. The SMILES string of the molecule is O=C(COc1ccccc1[N+](=O)[O-])N=Nc1c(O)[nH]c2c(Br)cccc12. The van der Waals surface area contributed by atoms with E-state index < -0.39 is 17.4 Å². The topological polar surface area (TPSA) is 130 Å². The van der Waals surface area contributed by atoms with Gasteiger partial charge in [0.25, 0.3) is 0 Å². The number of aromatic amines is 1. The molecule has 2 aromatic carbocycles. The van der Waals surface area contributed by atoms with Crippen LogP contribution in [0.1, 0.15) is 0 Å². The number of benzene rings is 2. The lowest BCUT2D eigenvalue weighted by molar-refractivity contribution is -0.385. The van der Waals surface area contributed by atoms with Crippen molar-refractivity contribution < 1.29 is 19.6 Å². The highest BCUT2D eigenvalue weighted by Crippen LogP contribution is 2.38. The molecule has 10 heteroatoms. The first-order chi connectivity index (χ1) is 12.5. The number of para-hydroxylation sites is 3. The molecule has 26 heavy (non-hydrogen) atoms. The van der Waals surface area contributed by atoms with Gasteiger partial charge in [-0.15, -0.1) is 10.2 Å². The van der Waals surface area contributed by atoms with Gasteiger partial charge in [0.2, 0.25) is 5.88 Å². The Morgan fingerprint density at radius 3 is 2.81 bits per heavy atom. The Labute approximate surface area is 154 Å². The number of fused-ring (bicyclic) bond motifs is 1. The summed E-state index contributed by atoms with van der Waals surface area (Å²) in [5.41, 5.74) is 0.472. The zero-order chi connectivity index (χ0) is 18.7. The minimum Gasteiger partial charge on any atom is -0.493 e. The molecule has 1 aromatic heterocycles. The van der Waals surface area contributed by atoms with Crippen LogP contribution in [0.4, 0.5) is 11.4 Å². The maximum atomic E-state index is 11.9. The summed E-state index contributed by atoms with van der Waals surface area (Å²) in [7, 11) is 0. The van der Waals surface area contributed by atoms with E-state index in [0.29, 0.717) is 10.9 Å². The summed E-state index contributed by atoms with van der Waals surface area (Å²) in [5.74, 6) is -1.03. The first-order valence-corrected chi connectivity index (χ1v) is 8.06. The average molecular weight is 419 g/mol. The van der Waals surface area contributed by atoms with Crippen molar-refractivity contribution in [3.8, 4) is 11.6 Å². The molecule has 0 bridgehead atoms. The first-order valence-electron chi connectivity index (χ1n) is 7.27. The number of nitrogens with zero attached hydrogens (tertiary/aromatic N) is 3. The molecule has 3 rings (SSSR count). The van der Waals surface area contributed by atoms with E-state index in [4.69, 9.17) is 4.74 Å². The molecule has 1 amide bonds. The Morgan fingerprint density at radius 1 is 1.27 bits per heavy atom. The summed E-state index contributed by atoms with van der Waals surface area (Å²) in [6.45, 7) is -0.527. The number of nitrogens with one attached hydrogen (secondary N) is 1. The van der Waals surface area contributed by atoms with E-state index in [1.807, 2.05) is 0 Å². The van der Waals surface area contributed by atoms with Gasteiger partial charge in [0, 0.05) is 15.9 Å². The number of hydrogen-bond acceptors (Lipinski definition) is 6. The van der Waals surface area contributed by atoms with Gasteiger partial charge >= 0.3 is 11.6 Å². The van der Waals surface area contributed by atoms with Gasteiger partial charge in [-0.1, -0.05) is 24.3 Å². The molecule has 0 fully saturated rings.